The van der Waals surface area contributed by atoms with Crippen LogP contribution in [-0.2, 0) is 6.42 Å². The molecule has 1 aromatic heterocycles. The third-order valence-corrected chi connectivity index (χ3v) is 5.95. The Hall–Kier alpha value is -4.19. The minimum atomic E-state index is -0.678. The molecule has 0 aliphatic carbocycles. The van der Waals surface area contributed by atoms with Crippen LogP contribution in [0.2, 0.25) is 0 Å². The molecular formula is C28H22FNO4. The van der Waals surface area contributed by atoms with E-state index in [2.05, 4.69) is 6.58 Å². The van der Waals surface area contributed by atoms with Gasteiger partial charge in [-0.1, -0.05) is 55.1 Å². The summed E-state index contributed by atoms with van der Waals surface area (Å²) in [6.07, 6.45) is 2.24. The second kappa shape index (κ2) is 8.98. The van der Waals surface area contributed by atoms with Gasteiger partial charge < -0.3 is 14.1 Å². The number of carbonyl (C=O) groups is 1. The number of ether oxygens (including phenoxy) is 1. The first-order valence-electron chi connectivity index (χ1n) is 11.0. The van der Waals surface area contributed by atoms with Crippen molar-refractivity contribution >= 4 is 16.9 Å². The van der Waals surface area contributed by atoms with Crippen LogP contribution >= 0.6 is 0 Å². The largest absolute Gasteiger partial charge is 0.490 e. The Morgan fingerprint density at radius 3 is 2.65 bits per heavy atom. The SMILES string of the molecule is C=CCOc1cccc(C2c3c(oc4ccc(F)cc4c3=O)C(=O)N2CCc2ccccc2)c1. The predicted octanol–water partition coefficient (Wildman–Crippen LogP) is 5.28. The van der Waals surface area contributed by atoms with E-state index in [1.807, 2.05) is 42.5 Å². The number of nitrogens with zero attached hydrogens (tertiary/aromatic N) is 1. The molecule has 0 fully saturated rings. The van der Waals surface area contributed by atoms with Gasteiger partial charge in [-0.25, -0.2) is 4.39 Å². The Morgan fingerprint density at radius 2 is 1.85 bits per heavy atom. The monoisotopic (exact) mass is 455 g/mol. The summed E-state index contributed by atoms with van der Waals surface area (Å²) in [6, 6.07) is 20.1. The highest BCUT2D eigenvalue weighted by Gasteiger charge is 2.42. The maximum absolute atomic E-state index is 13.9. The molecule has 5 rings (SSSR count). The van der Waals surface area contributed by atoms with Gasteiger partial charge in [0, 0.05) is 6.54 Å². The van der Waals surface area contributed by atoms with Crippen molar-refractivity contribution in [1.29, 1.82) is 0 Å². The van der Waals surface area contributed by atoms with Crippen molar-refractivity contribution in [3.8, 4) is 5.75 Å². The zero-order valence-electron chi connectivity index (χ0n) is 18.4. The van der Waals surface area contributed by atoms with Gasteiger partial charge in [-0.05, 0) is 47.9 Å². The lowest BCUT2D eigenvalue weighted by Crippen LogP contribution is -2.31. The van der Waals surface area contributed by atoms with E-state index < -0.39 is 17.3 Å². The maximum atomic E-state index is 13.9. The van der Waals surface area contributed by atoms with Crippen LogP contribution in [0, 0.1) is 5.82 Å². The molecule has 34 heavy (non-hydrogen) atoms. The van der Waals surface area contributed by atoms with Crippen LogP contribution in [0.15, 0.2) is 94.7 Å². The molecule has 3 aromatic carbocycles. The van der Waals surface area contributed by atoms with E-state index in [-0.39, 0.29) is 28.2 Å². The fourth-order valence-corrected chi connectivity index (χ4v) is 4.39. The van der Waals surface area contributed by atoms with Gasteiger partial charge in [0.2, 0.25) is 5.76 Å². The molecular weight excluding hydrogens is 433 g/mol. The quantitative estimate of drug-likeness (QED) is 0.356. The van der Waals surface area contributed by atoms with Crippen molar-refractivity contribution in [3.63, 3.8) is 0 Å². The Balaban J connectivity index is 1.64. The summed E-state index contributed by atoms with van der Waals surface area (Å²) in [5.41, 5.74) is 1.78. The maximum Gasteiger partial charge on any atom is 0.290 e. The zero-order chi connectivity index (χ0) is 23.7. The van der Waals surface area contributed by atoms with Crippen LogP contribution in [0.25, 0.3) is 11.0 Å². The molecule has 1 aliphatic rings. The minimum absolute atomic E-state index is 0.000386. The van der Waals surface area contributed by atoms with Crippen molar-refractivity contribution in [1.82, 2.24) is 4.90 Å². The molecule has 0 bridgehead atoms. The number of benzene rings is 3. The molecule has 4 aromatic rings. The van der Waals surface area contributed by atoms with Gasteiger partial charge in [-0.15, -0.1) is 0 Å². The second-order valence-electron chi connectivity index (χ2n) is 8.12. The van der Waals surface area contributed by atoms with Gasteiger partial charge in [0.25, 0.3) is 5.91 Å². The number of amides is 1. The fraction of sp³-hybridized carbons (Fsp3) is 0.143. The normalized spacial score (nSPS) is 14.9. The topological polar surface area (TPSA) is 59.8 Å². The lowest BCUT2D eigenvalue weighted by molar-refractivity contribution is 0.0730. The van der Waals surface area contributed by atoms with Crippen molar-refractivity contribution in [2.24, 2.45) is 0 Å². The number of hydrogen-bond donors (Lipinski definition) is 0. The molecule has 6 heteroatoms. The summed E-state index contributed by atoms with van der Waals surface area (Å²) in [5.74, 6) is -0.310. The molecule has 1 atom stereocenters. The van der Waals surface area contributed by atoms with E-state index in [9.17, 15) is 14.0 Å². The first-order chi connectivity index (χ1) is 16.6. The van der Waals surface area contributed by atoms with Crippen molar-refractivity contribution in [2.45, 2.75) is 12.5 Å². The zero-order valence-corrected chi connectivity index (χ0v) is 18.4. The summed E-state index contributed by atoms with van der Waals surface area (Å²) < 4.78 is 25.5. The molecule has 1 aliphatic heterocycles. The highest BCUT2D eigenvalue weighted by atomic mass is 19.1. The Morgan fingerprint density at radius 1 is 1.03 bits per heavy atom. The average Bonchev–Trinajstić information content (AvgIpc) is 3.14. The first-order valence-corrected chi connectivity index (χ1v) is 11.0. The molecule has 170 valence electrons. The molecule has 0 saturated carbocycles. The van der Waals surface area contributed by atoms with Gasteiger partial charge >= 0.3 is 0 Å². The van der Waals surface area contributed by atoms with Gasteiger partial charge in [-0.2, -0.15) is 0 Å². The molecule has 0 radical (unpaired) electrons. The van der Waals surface area contributed by atoms with Crippen LogP contribution in [0.5, 0.6) is 5.75 Å². The summed E-state index contributed by atoms with van der Waals surface area (Å²) in [4.78, 5) is 28.7. The number of carbonyl (C=O) groups excluding carboxylic acids is 1. The van der Waals surface area contributed by atoms with Crippen LogP contribution in [0.4, 0.5) is 4.39 Å². The predicted molar refractivity (Wildman–Crippen MR) is 128 cm³/mol. The molecule has 0 spiro atoms. The third-order valence-electron chi connectivity index (χ3n) is 5.95. The van der Waals surface area contributed by atoms with E-state index in [4.69, 9.17) is 9.15 Å². The highest BCUT2D eigenvalue weighted by molar-refractivity contribution is 5.99. The third kappa shape index (κ3) is 3.88. The van der Waals surface area contributed by atoms with Crippen molar-refractivity contribution in [2.75, 3.05) is 13.2 Å². The van der Waals surface area contributed by atoms with E-state index in [0.717, 1.165) is 11.6 Å². The number of hydrogen-bond acceptors (Lipinski definition) is 4. The number of rotatable bonds is 7. The molecule has 0 N–H and O–H groups in total. The van der Waals surface area contributed by atoms with E-state index in [0.29, 0.717) is 30.9 Å². The lowest BCUT2D eigenvalue weighted by Gasteiger charge is -2.25. The number of halogens is 1. The Labute approximate surface area is 195 Å². The smallest absolute Gasteiger partial charge is 0.290 e. The molecule has 1 amide bonds. The Bertz CT molecular complexity index is 1440. The van der Waals surface area contributed by atoms with Crippen molar-refractivity contribution < 1.29 is 18.3 Å². The van der Waals surface area contributed by atoms with Crippen LogP contribution < -0.4 is 10.2 Å². The van der Waals surface area contributed by atoms with Crippen LogP contribution in [-0.4, -0.2) is 24.0 Å². The van der Waals surface area contributed by atoms with Crippen LogP contribution in [0.1, 0.15) is 33.3 Å². The first kappa shape index (κ1) is 21.6. The summed E-state index contributed by atoms with van der Waals surface area (Å²) >= 11 is 0. The van der Waals surface area contributed by atoms with Gasteiger partial charge in [0.1, 0.15) is 23.8 Å². The van der Waals surface area contributed by atoms with E-state index in [1.54, 1.807) is 23.1 Å². The summed E-state index contributed by atoms with van der Waals surface area (Å²) in [5, 5.41) is 0.112. The van der Waals surface area contributed by atoms with Gasteiger partial charge in [0.15, 0.2) is 5.43 Å². The second-order valence-corrected chi connectivity index (χ2v) is 8.12. The lowest BCUT2D eigenvalue weighted by atomic mass is 9.98. The molecule has 5 nitrogen and oxygen atoms in total. The molecule has 2 heterocycles. The minimum Gasteiger partial charge on any atom is -0.490 e. The van der Waals surface area contributed by atoms with Gasteiger partial charge in [-0.3, -0.25) is 9.59 Å². The average molecular weight is 455 g/mol. The highest BCUT2D eigenvalue weighted by Crippen LogP contribution is 2.39. The Kier molecular flexibility index (Phi) is 5.72. The van der Waals surface area contributed by atoms with E-state index in [1.165, 1.54) is 12.1 Å². The summed E-state index contributed by atoms with van der Waals surface area (Å²) in [7, 11) is 0. The van der Waals surface area contributed by atoms with E-state index >= 15 is 0 Å². The summed E-state index contributed by atoms with van der Waals surface area (Å²) in [6.45, 7) is 4.37. The molecule has 0 saturated heterocycles. The molecule has 1 unspecified atom stereocenters. The van der Waals surface area contributed by atoms with Crippen molar-refractivity contribution in [3.05, 3.63) is 124 Å². The standard InChI is InChI=1S/C28H22FNO4/c1-2-15-33-21-10-6-9-19(16-21)25-24-26(31)22-17-20(29)11-12-23(22)34-27(24)28(32)30(25)14-13-18-7-4-3-5-8-18/h2-12,16-17,25H,1,13-15H2. The fourth-order valence-electron chi connectivity index (χ4n) is 4.39. The van der Waals surface area contributed by atoms with Crippen LogP contribution in [0.3, 0.4) is 0 Å². The number of fused-ring (bicyclic) bond motifs is 2. The van der Waals surface area contributed by atoms with Gasteiger partial charge in [0.05, 0.1) is 17.0 Å².